The molecular weight excluding hydrogens is 348 g/mol. The van der Waals surface area contributed by atoms with Crippen molar-refractivity contribution in [2.45, 2.75) is 136 Å². The molecule has 0 aliphatic heterocycles. The minimum absolute atomic E-state index is 0.286. The predicted octanol–water partition coefficient (Wildman–Crippen LogP) is 8.49. The summed E-state index contributed by atoms with van der Waals surface area (Å²) in [5.74, 6) is 0. The van der Waals surface area contributed by atoms with E-state index in [0.717, 1.165) is 19.4 Å². The van der Waals surface area contributed by atoms with Crippen LogP contribution in [0.1, 0.15) is 124 Å². The van der Waals surface area contributed by atoms with Crippen molar-refractivity contribution in [3.05, 3.63) is 12.3 Å². The number of hydrogen-bond acceptors (Lipinski definition) is 2. The first-order valence-corrected chi connectivity index (χ1v) is 14.4. The van der Waals surface area contributed by atoms with Crippen LogP contribution < -0.4 is 0 Å². The van der Waals surface area contributed by atoms with E-state index in [0.29, 0.717) is 0 Å². The Kier molecular flexibility index (Phi) is 19.1. The zero-order valence-electron chi connectivity index (χ0n) is 19.2. The molecule has 27 heavy (non-hydrogen) atoms. The maximum absolute atomic E-state index is 6.27. The largest absolute Gasteiger partial charge is 0.391 e. The molecule has 0 rings (SSSR count). The van der Waals surface area contributed by atoms with Crippen molar-refractivity contribution in [1.82, 2.24) is 0 Å². The van der Waals surface area contributed by atoms with E-state index in [9.17, 15) is 0 Å². The second kappa shape index (κ2) is 19.2. The molecule has 0 fully saturated rings. The zero-order valence-corrected chi connectivity index (χ0v) is 20.2. The molecule has 0 aromatic rings. The first-order valence-electron chi connectivity index (χ1n) is 12.0. The fourth-order valence-electron chi connectivity index (χ4n) is 3.50. The van der Waals surface area contributed by atoms with Crippen molar-refractivity contribution < 1.29 is 8.85 Å². The minimum Gasteiger partial charge on any atom is -0.391 e. The molecular formula is C24H50O2Si. The number of rotatable bonds is 21. The van der Waals surface area contributed by atoms with Crippen molar-refractivity contribution in [2.75, 3.05) is 6.61 Å². The smallest absolute Gasteiger partial charge is 0.361 e. The van der Waals surface area contributed by atoms with Gasteiger partial charge in [0.1, 0.15) is 0 Å². The molecule has 2 atom stereocenters. The molecule has 0 amide bonds. The van der Waals surface area contributed by atoms with Crippen LogP contribution in [0.3, 0.4) is 0 Å². The lowest BCUT2D eigenvalue weighted by molar-refractivity contribution is 0.126. The highest BCUT2D eigenvalue weighted by molar-refractivity contribution is 6.71. The van der Waals surface area contributed by atoms with Crippen LogP contribution in [-0.2, 0) is 8.85 Å². The van der Waals surface area contributed by atoms with Gasteiger partial charge >= 0.3 is 8.56 Å². The molecule has 3 heteroatoms. The van der Waals surface area contributed by atoms with Gasteiger partial charge in [0.2, 0.25) is 0 Å². The van der Waals surface area contributed by atoms with Crippen LogP contribution in [0.25, 0.3) is 0 Å². The lowest BCUT2D eigenvalue weighted by Crippen LogP contribution is -2.40. The predicted molar refractivity (Wildman–Crippen MR) is 124 cm³/mol. The van der Waals surface area contributed by atoms with Crippen LogP contribution in [0.2, 0.25) is 6.55 Å². The minimum atomic E-state index is -2.19. The summed E-state index contributed by atoms with van der Waals surface area (Å²) < 4.78 is 12.4. The number of unbranched alkanes of at least 4 members (excludes halogenated alkanes) is 13. The van der Waals surface area contributed by atoms with Gasteiger partial charge in [0.15, 0.2) is 0 Å². The maximum atomic E-state index is 6.27. The summed E-state index contributed by atoms with van der Waals surface area (Å²) in [5, 5.41) is 0. The van der Waals surface area contributed by atoms with Crippen molar-refractivity contribution in [1.29, 1.82) is 0 Å². The average molecular weight is 399 g/mol. The summed E-state index contributed by atoms with van der Waals surface area (Å²) in [7, 11) is -2.19. The third-order valence-electron chi connectivity index (χ3n) is 5.41. The zero-order chi connectivity index (χ0) is 20.2. The molecule has 0 heterocycles. The van der Waals surface area contributed by atoms with Crippen molar-refractivity contribution in [3.63, 3.8) is 0 Å². The molecule has 0 saturated carbocycles. The van der Waals surface area contributed by atoms with Crippen LogP contribution >= 0.6 is 0 Å². The Labute approximate surface area is 172 Å². The van der Waals surface area contributed by atoms with Gasteiger partial charge in [-0.2, -0.15) is 0 Å². The molecule has 0 radical (unpaired) electrons. The molecule has 0 aromatic carbocycles. The van der Waals surface area contributed by atoms with Crippen LogP contribution in [0, 0.1) is 0 Å². The first-order chi connectivity index (χ1) is 13.1. The summed E-state index contributed by atoms with van der Waals surface area (Å²) in [4.78, 5) is 0. The molecule has 2 nitrogen and oxygen atoms in total. The van der Waals surface area contributed by atoms with Gasteiger partial charge in [-0.3, -0.25) is 0 Å². The van der Waals surface area contributed by atoms with Gasteiger partial charge < -0.3 is 8.85 Å². The molecule has 0 aromatic heterocycles. The fraction of sp³-hybridized carbons (Fsp3) is 0.917. The third kappa shape index (κ3) is 17.7. The highest BCUT2D eigenvalue weighted by Gasteiger charge is 2.29. The van der Waals surface area contributed by atoms with Crippen LogP contribution in [0.4, 0.5) is 0 Å². The lowest BCUT2D eigenvalue weighted by atomic mass is 10.1. The summed E-state index contributed by atoms with van der Waals surface area (Å²) in [5.41, 5.74) is 1.95. The molecule has 162 valence electrons. The third-order valence-corrected chi connectivity index (χ3v) is 7.80. The van der Waals surface area contributed by atoms with Crippen LogP contribution in [-0.4, -0.2) is 21.3 Å². The lowest BCUT2D eigenvalue weighted by Gasteiger charge is -2.27. The van der Waals surface area contributed by atoms with E-state index in [2.05, 4.69) is 33.9 Å². The number of hydrogen-bond donors (Lipinski definition) is 0. The quantitative estimate of drug-likeness (QED) is 0.142. The Morgan fingerprint density at radius 3 is 1.67 bits per heavy atom. The van der Waals surface area contributed by atoms with Gasteiger partial charge in [-0.1, -0.05) is 104 Å². The standard InChI is InChI=1S/C24H50O2Si/c1-6-9-11-13-14-15-16-17-18-19-21-23-25-27(5,8-3)26-24(4)22-20-12-10-7-2/h8,24H,3,6-7,9-23H2,1-2,4-5H3. The second-order valence-corrected chi connectivity index (χ2v) is 11.3. The SMILES string of the molecule is C=C[Si](C)(OCCCCCCCCCCCCC)OC(C)CCCCCC. The first kappa shape index (κ1) is 26.9. The average Bonchev–Trinajstić information content (AvgIpc) is 2.66. The molecule has 0 bridgehead atoms. The van der Waals surface area contributed by atoms with Gasteiger partial charge in [0.25, 0.3) is 0 Å². The summed E-state index contributed by atoms with van der Waals surface area (Å²) >= 11 is 0. The normalized spacial score (nSPS) is 14.8. The summed E-state index contributed by atoms with van der Waals surface area (Å²) in [6, 6.07) is 0. The topological polar surface area (TPSA) is 18.5 Å². The maximum Gasteiger partial charge on any atom is 0.361 e. The van der Waals surface area contributed by atoms with Crippen molar-refractivity contribution in [3.8, 4) is 0 Å². The second-order valence-electron chi connectivity index (χ2n) is 8.38. The van der Waals surface area contributed by atoms with E-state index < -0.39 is 8.56 Å². The van der Waals surface area contributed by atoms with Gasteiger partial charge in [-0.25, -0.2) is 0 Å². The monoisotopic (exact) mass is 398 g/mol. The highest BCUT2D eigenvalue weighted by atomic mass is 28.4. The Morgan fingerprint density at radius 1 is 0.741 bits per heavy atom. The van der Waals surface area contributed by atoms with E-state index >= 15 is 0 Å². The van der Waals surface area contributed by atoms with Gasteiger partial charge in [0.05, 0.1) is 0 Å². The van der Waals surface area contributed by atoms with E-state index in [1.807, 2.05) is 5.70 Å². The van der Waals surface area contributed by atoms with Crippen LogP contribution in [0.15, 0.2) is 12.3 Å². The molecule has 0 saturated heterocycles. The molecule has 0 spiro atoms. The Morgan fingerprint density at radius 2 is 1.19 bits per heavy atom. The summed E-state index contributed by atoms with van der Waals surface area (Å²) in [6.45, 7) is 13.7. The van der Waals surface area contributed by atoms with Crippen LogP contribution in [0.5, 0.6) is 0 Å². The molecule has 0 aliphatic carbocycles. The van der Waals surface area contributed by atoms with E-state index in [1.165, 1.54) is 89.9 Å². The van der Waals surface area contributed by atoms with E-state index in [-0.39, 0.29) is 6.10 Å². The molecule has 0 aliphatic rings. The van der Waals surface area contributed by atoms with Crippen molar-refractivity contribution in [2.24, 2.45) is 0 Å². The Bertz CT molecular complexity index is 322. The Balaban J connectivity index is 3.61. The molecule has 2 unspecified atom stereocenters. The summed E-state index contributed by atoms with van der Waals surface area (Å²) in [6.07, 6.45) is 21.7. The van der Waals surface area contributed by atoms with Gasteiger partial charge in [0, 0.05) is 12.7 Å². The fourth-order valence-corrected chi connectivity index (χ4v) is 5.25. The van der Waals surface area contributed by atoms with E-state index in [4.69, 9.17) is 8.85 Å². The van der Waals surface area contributed by atoms with E-state index in [1.54, 1.807) is 0 Å². The van der Waals surface area contributed by atoms with Gasteiger partial charge in [-0.05, 0) is 32.0 Å². The Hall–Kier alpha value is -0.123. The highest BCUT2D eigenvalue weighted by Crippen LogP contribution is 2.17. The molecule has 0 N–H and O–H groups in total. The van der Waals surface area contributed by atoms with Gasteiger partial charge in [-0.15, -0.1) is 6.58 Å². The van der Waals surface area contributed by atoms with Crippen molar-refractivity contribution >= 4 is 8.56 Å².